The van der Waals surface area contributed by atoms with Crippen molar-refractivity contribution in [2.45, 2.75) is 51.4 Å². The molecule has 1 nitrogen and oxygen atoms in total. The minimum Gasteiger partial charge on any atom is -1.00 e. The number of hydrogen-bond acceptors (Lipinski definition) is 0. The van der Waals surface area contributed by atoms with E-state index >= 15 is 0 Å². The molecule has 0 unspecified atom stereocenters. The van der Waals surface area contributed by atoms with Crippen LogP contribution in [0.4, 0.5) is 0 Å². The summed E-state index contributed by atoms with van der Waals surface area (Å²) in [5.41, 5.74) is 6.68. The molecule has 2 aromatic rings. The first-order chi connectivity index (χ1) is 14.0. The van der Waals surface area contributed by atoms with Gasteiger partial charge >= 0.3 is 0 Å². The van der Waals surface area contributed by atoms with Gasteiger partial charge < -0.3 is 24.0 Å². The van der Waals surface area contributed by atoms with Crippen molar-refractivity contribution in [2.75, 3.05) is 13.6 Å². The molecule has 4 heteroatoms. The number of halogens is 3. The Morgan fingerprint density at radius 1 is 0.833 bits per heavy atom. The van der Waals surface area contributed by atoms with Crippen LogP contribution in [0.2, 0.25) is 0 Å². The predicted molar refractivity (Wildman–Crippen MR) is 130 cm³/mol. The summed E-state index contributed by atoms with van der Waals surface area (Å²) in [6, 6.07) is 17.8. The number of nitrogens with zero attached hydrogens (tertiary/aromatic N) is 1. The molecule has 160 valence electrons. The maximum Gasteiger partial charge on any atom is 0.166 e. The quantitative estimate of drug-likeness (QED) is 0.326. The molecular formula is C26H30Br2IN. The van der Waals surface area contributed by atoms with Crippen LogP contribution in [-0.2, 0) is 12.8 Å². The molecule has 2 aliphatic rings. The number of aryl methyl sites for hydroxylation is 2. The fourth-order valence-electron chi connectivity index (χ4n) is 5.19. The fraction of sp³-hybridized carbons (Fsp3) is 0.423. The number of benzene rings is 2. The van der Waals surface area contributed by atoms with E-state index in [1.54, 1.807) is 11.1 Å². The molecular weight excluding hydrogens is 613 g/mol. The van der Waals surface area contributed by atoms with Crippen LogP contribution in [0.1, 0.15) is 49.7 Å². The Labute approximate surface area is 215 Å². The summed E-state index contributed by atoms with van der Waals surface area (Å²) in [5.74, 6) is 0. The van der Waals surface area contributed by atoms with E-state index in [0.717, 1.165) is 6.54 Å². The molecule has 0 aromatic heterocycles. The van der Waals surface area contributed by atoms with E-state index < -0.39 is 0 Å². The van der Waals surface area contributed by atoms with E-state index in [2.05, 4.69) is 98.2 Å². The zero-order valence-electron chi connectivity index (χ0n) is 17.6. The lowest BCUT2D eigenvalue weighted by Gasteiger charge is -2.42. The summed E-state index contributed by atoms with van der Waals surface area (Å²) >= 11 is 7.14. The first kappa shape index (κ1) is 24.2. The van der Waals surface area contributed by atoms with Gasteiger partial charge in [0.15, 0.2) is 6.21 Å². The number of rotatable bonds is 6. The van der Waals surface area contributed by atoms with E-state index in [9.17, 15) is 0 Å². The van der Waals surface area contributed by atoms with Gasteiger partial charge in [-0.3, -0.25) is 0 Å². The van der Waals surface area contributed by atoms with Gasteiger partial charge in [-0.25, -0.2) is 4.58 Å². The van der Waals surface area contributed by atoms with Gasteiger partial charge in [0.1, 0.15) is 13.6 Å². The Balaban J connectivity index is 0.00000256. The van der Waals surface area contributed by atoms with E-state index in [1.165, 1.54) is 71.4 Å². The normalized spacial score (nSPS) is 17.8. The summed E-state index contributed by atoms with van der Waals surface area (Å²) in [7, 11) is 2.23. The molecule has 1 aliphatic carbocycles. The van der Waals surface area contributed by atoms with Crippen LogP contribution in [0.3, 0.4) is 0 Å². The van der Waals surface area contributed by atoms with Gasteiger partial charge in [-0.05, 0) is 91.3 Å². The highest BCUT2D eigenvalue weighted by molar-refractivity contribution is 9.10. The number of allylic oxidation sites excluding steroid dienone is 1. The third kappa shape index (κ3) is 5.86. The molecule has 4 rings (SSSR count). The third-order valence-corrected chi connectivity index (χ3v) is 7.89. The van der Waals surface area contributed by atoms with Crippen LogP contribution in [-0.4, -0.2) is 24.4 Å². The Morgan fingerprint density at radius 3 is 1.90 bits per heavy atom. The summed E-state index contributed by atoms with van der Waals surface area (Å²) in [5, 5.41) is 0. The monoisotopic (exact) mass is 641 g/mol. The maximum atomic E-state index is 3.57. The molecule has 0 bridgehead atoms. The maximum absolute atomic E-state index is 3.57. The fourth-order valence-corrected chi connectivity index (χ4v) is 5.72. The average Bonchev–Trinajstić information content (AvgIpc) is 2.73. The van der Waals surface area contributed by atoms with Crippen molar-refractivity contribution in [2.24, 2.45) is 5.41 Å². The zero-order chi connectivity index (χ0) is 20.3. The van der Waals surface area contributed by atoms with Crippen molar-refractivity contribution in [1.29, 1.82) is 0 Å². The topological polar surface area (TPSA) is 3.01 Å². The van der Waals surface area contributed by atoms with E-state index in [1.807, 2.05) is 0 Å². The Hall–Kier alpha value is -0.460. The summed E-state index contributed by atoms with van der Waals surface area (Å²) in [4.78, 5) is 0. The minimum absolute atomic E-state index is 0. The van der Waals surface area contributed by atoms with Crippen molar-refractivity contribution in [3.63, 3.8) is 0 Å². The largest absolute Gasteiger partial charge is 1.00 e. The SMILES string of the molecule is C[N+]1=CC2=C(CC1)C(CCc1ccc(Br)cc1)(CCc1ccc(Br)cc1)CCC2.[I-]. The van der Waals surface area contributed by atoms with Crippen molar-refractivity contribution >= 4 is 38.1 Å². The molecule has 1 aliphatic heterocycles. The lowest BCUT2D eigenvalue weighted by atomic mass is 9.63. The summed E-state index contributed by atoms with van der Waals surface area (Å²) < 4.78 is 4.72. The highest BCUT2D eigenvalue weighted by atomic mass is 127. The van der Waals surface area contributed by atoms with Crippen LogP contribution in [0.15, 0.2) is 68.6 Å². The third-order valence-electron chi connectivity index (χ3n) is 6.83. The van der Waals surface area contributed by atoms with Gasteiger partial charge in [0.2, 0.25) is 0 Å². The summed E-state index contributed by atoms with van der Waals surface area (Å²) in [6.07, 6.45) is 12.5. The molecule has 0 N–H and O–H groups in total. The molecule has 2 aromatic carbocycles. The molecule has 0 fully saturated rings. The van der Waals surface area contributed by atoms with Crippen LogP contribution in [0.25, 0.3) is 0 Å². The Kier molecular flexibility index (Phi) is 8.80. The average molecular weight is 643 g/mol. The van der Waals surface area contributed by atoms with Gasteiger partial charge in [0.05, 0.1) is 0 Å². The summed E-state index contributed by atoms with van der Waals surface area (Å²) in [6.45, 7) is 1.16. The Morgan fingerprint density at radius 2 is 1.37 bits per heavy atom. The van der Waals surface area contributed by atoms with Crippen molar-refractivity contribution in [3.8, 4) is 0 Å². The predicted octanol–water partition coefficient (Wildman–Crippen LogP) is 4.36. The molecule has 0 amide bonds. The first-order valence-electron chi connectivity index (χ1n) is 10.8. The van der Waals surface area contributed by atoms with Crippen molar-refractivity contribution in [3.05, 3.63) is 79.7 Å². The van der Waals surface area contributed by atoms with Crippen LogP contribution >= 0.6 is 31.9 Å². The minimum atomic E-state index is 0. The molecule has 0 saturated heterocycles. The highest BCUT2D eigenvalue weighted by Gasteiger charge is 2.39. The van der Waals surface area contributed by atoms with Gasteiger partial charge in [-0.1, -0.05) is 56.1 Å². The highest BCUT2D eigenvalue weighted by Crippen LogP contribution is 2.49. The molecule has 0 saturated carbocycles. The van der Waals surface area contributed by atoms with Crippen molar-refractivity contribution < 1.29 is 28.6 Å². The van der Waals surface area contributed by atoms with Gasteiger partial charge in [0.25, 0.3) is 0 Å². The van der Waals surface area contributed by atoms with Gasteiger partial charge in [-0.15, -0.1) is 0 Å². The van der Waals surface area contributed by atoms with Crippen molar-refractivity contribution in [1.82, 2.24) is 0 Å². The zero-order valence-corrected chi connectivity index (χ0v) is 23.0. The first-order valence-corrected chi connectivity index (χ1v) is 12.4. The number of hydrogen-bond donors (Lipinski definition) is 0. The second-order valence-corrected chi connectivity index (χ2v) is 10.6. The second-order valence-electron chi connectivity index (χ2n) is 8.75. The van der Waals surface area contributed by atoms with Crippen LogP contribution in [0, 0.1) is 5.41 Å². The van der Waals surface area contributed by atoms with Gasteiger partial charge in [0, 0.05) is 20.9 Å². The molecule has 30 heavy (non-hydrogen) atoms. The van der Waals surface area contributed by atoms with Crippen LogP contribution < -0.4 is 24.0 Å². The lowest BCUT2D eigenvalue weighted by Crippen LogP contribution is -3.00. The van der Waals surface area contributed by atoms with E-state index in [4.69, 9.17) is 0 Å². The van der Waals surface area contributed by atoms with Crippen LogP contribution in [0.5, 0.6) is 0 Å². The molecule has 0 spiro atoms. The standard InChI is InChI=1S/C26H30Br2N.HI/c1-29-18-14-25-22(19-29)3-2-15-26(25,16-12-20-4-8-23(27)9-5-20)17-13-21-6-10-24(28)11-7-21;/h4-11,19H,2-3,12-18H2,1H3;1H/q+1;/p-1. The molecule has 0 atom stereocenters. The van der Waals surface area contributed by atoms with E-state index in [0.29, 0.717) is 5.41 Å². The lowest BCUT2D eigenvalue weighted by molar-refractivity contribution is -0.493. The molecule has 0 radical (unpaired) electrons. The van der Waals surface area contributed by atoms with Gasteiger partial charge in [-0.2, -0.15) is 0 Å². The smallest absolute Gasteiger partial charge is 0.166 e. The molecule has 1 heterocycles. The Bertz CT molecular complexity index is 864. The van der Waals surface area contributed by atoms with E-state index in [-0.39, 0.29) is 24.0 Å². The second kappa shape index (κ2) is 10.9.